The molecule has 1 fully saturated rings. The summed E-state index contributed by atoms with van der Waals surface area (Å²) in [5.74, 6) is -1.29. The Morgan fingerprint density at radius 2 is 1.65 bits per heavy atom. The Hall–Kier alpha value is -3.54. The van der Waals surface area contributed by atoms with Gasteiger partial charge < -0.3 is 19.5 Å². The van der Waals surface area contributed by atoms with Gasteiger partial charge >= 0.3 is 0 Å². The third kappa shape index (κ3) is 7.15. The molecule has 40 heavy (non-hydrogen) atoms. The monoisotopic (exact) mass is 575 g/mol. The lowest BCUT2D eigenvalue weighted by Gasteiger charge is -2.48. The number of β-lactam (4-membered cyclic amide) rings is 1. The molecule has 8 nitrogen and oxygen atoms in total. The number of nitrogens with zero attached hydrogens (tertiary/aromatic N) is 1. The molecule has 1 saturated heterocycles. The fourth-order valence-corrected chi connectivity index (χ4v) is 5.41. The number of rotatable bonds is 13. The van der Waals surface area contributed by atoms with E-state index in [-0.39, 0.29) is 49.1 Å². The van der Waals surface area contributed by atoms with Gasteiger partial charge in [0.15, 0.2) is 0 Å². The molecule has 3 unspecified atom stereocenters. The number of carbonyl (C=O) groups is 1. The first-order chi connectivity index (χ1) is 19.1. The summed E-state index contributed by atoms with van der Waals surface area (Å²) in [6.45, 7) is 0.269. The van der Waals surface area contributed by atoms with Crippen LogP contribution < -0.4 is 14.4 Å². The van der Waals surface area contributed by atoms with Gasteiger partial charge in [0.25, 0.3) is 10.1 Å². The van der Waals surface area contributed by atoms with Crippen LogP contribution >= 0.6 is 0 Å². The largest absolute Gasteiger partial charge is 0.497 e. The normalized spacial score (nSPS) is 17.8. The minimum Gasteiger partial charge on any atom is -0.497 e. The highest BCUT2D eigenvalue weighted by atomic mass is 32.2. The molecule has 0 bridgehead atoms. The Morgan fingerprint density at radius 3 is 2.27 bits per heavy atom. The van der Waals surface area contributed by atoms with E-state index in [0.29, 0.717) is 23.6 Å². The summed E-state index contributed by atoms with van der Waals surface area (Å²) >= 11 is 0. The molecule has 2 N–H and O–H groups in total. The summed E-state index contributed by atoms with van der Waals surface area (Å²) in [6, 6.07) is 17.0. The lowest BCUT2D eigenvalue weighted by atomic mass is 9.78. The van der Waals surface area contributed by atoms with Crippen LogP contribution in [0.4, 0.5) is 14.5 Å². The molecule has 4 rings (SSSR count). The van der Waals surface area contributed by atoms with E-state index >= 15 is 0 Å². The van der Waals surface area contributed by atoms with Gasteiger partial charge in [-0.3, -0.25) is 9.35 Å². The molecule has 1 aliphatic heterocycles. The van der Waals surface area contributed by atoms with Crippen LogP contribution in [0.5, 0.6) is 11.5 Å². The smallest absolute Gasteiger partial charge is 0.264 e. The Balaban J connectivity index is 1.45. The second-order valence-corrected chi connectivity index (χ2v) is 11.2. The summed E-state index contributed by atoms with van der Waals surface area (Å²) in [4.78, 5) is 15.0. The number of unbranched alkanes of at least 4 members (excludes halogenated alkanes) is 1. The van der Waals surface area contributed by atoms with Gasteiger partial charge in [0, 0.05) is 17.3 Å². The van der Waals surface area contributed by atoms with Crippen molar-refractivity contribution in [3.8, 4) is 11.5 Å². The number of halogens is 2. The van der Waals surface area contributed by atoms with Gasteiger partial charge in [0.2, 0.25) is 5.91 Å². The predicted molar refractivity (Wildman–Crippen MR) is 145 cm³/mol. The second-order valence-electron chi connectivity index (χ2n) is 9.63. The van der Waals surface area contributed by atoms with Crippen LogP contribution in [0.25, 0.3) is 0 Å². The highest BCUT2D eigenvalue weighted by Gasteiger charge is 2.48. The quantitative estimate of drug-likeness (QED) is 0.163. The van der Waals surface area contributed by atoms with Gasteiger partial charge in [-0.15, -0.1) is 0 Å². The van der Waals surface area contributed by atoms with E-state index in [4.69, 9.17) is 14.0 Å². The third-order valence-corrected chi connectivity index (χ3v) is 7.73. The summed E-state index contributed by atoms with van der Waals surface area (Å²) in [5.41, 5.74) is 1.50. The molecule has 1 amide bonds. The van der Waals surface area contributed by atoms with Crippen molar-refractivity contribution in [3.63, 3.8) is 0 Å². The first kappa shape index (κ1) is 29.4. The standard InChI is InChI=1S/C29H31F2NO7S/c1-38-22-9-4-19(5-10-22)28-25(14-15-27(33)24-13-6-20(30)18-26(24)31)29(34)32(28)21-7-11-23(12-8-21)39-16-2-3-17-40(35,36)37/h4-13,18,25,27-28,33H,2-3,14-17H2,1H3,(H,35,36,37). The Bertz CT molecular complexity index is 1420. The van der Waals surface area contributed by atoms with Gasteiger partial charge in [0.1, 0.15) is 23.1 Å². The second kappa shape index (κ2) is 12.8. The average molecular weight is 576 g/mol. The molecule has 0 aliphatic carbocycles. The van der Waals surface area contributed by atoms with Crippen molar-refractivity contribution in [2.45, 2.75) is 37.8 Å². The Labute approximate surface area is 231 Å². The minimum absolute atomic E-state index is 0.0143. The van der Waals surface area contributed by atoms with Crippen LogP contribution in [0.15, 0.2) is 66.7 Å². The van der Waals surface area contributed by atoms with Gasteiger partial charge in [-0.25, -0.2) is 8.78 Å². The molecule has 0 aromatic heterocycles. The number of methoxy groups -OCH3 is 1. The molecule has 0 spiro atoms. The lowest BCUT2D eigenvalue weighted by molar-refractivity contribution is -0.131. The van der Waals surface area contributed by atoms with Gasteiger partial charge in [-0.2, -0.15) is 8.42 Å². The SMILES string of the molecule is COc1ccc(C2C(CCC(O)c3ccc(F)cc3F)C(=O)N2c2ccc(OCCCCS(=O)(=O)O)cc2)cc1. The number of hydrogen-bond acceptors (Lipinski definition) is 6. The van der Waals surface area contributed by atoms with E-state index in [1.54, 1.807) is 48.4 Å². The maximum atomic E-state index is 14.2. The molecule has 1 aliphatic rings. The number of carbonyl (C=O) groups excluding carboxylic acids is 1. The average Bonchev–Trinajstić information content (AvgIpc) is 2.91. The molecule has 0 saturated carbocycles. The first-order valence-electron chi connectivity index (χ1n) is 12.9. The van der Waals surface area contributed by atoms with E-state index < -0.39 is 33.8 Å². The van der Waals surface area contributed by atoms with Crippen molar-refractivity contribution in [1.82, 2.24) is 0 Å². The number of anilines is 1. The summed E-state index contributed by atoms with van der Waals surface area (Å²) in [5, 5.41) is 10.6. The van der Waals surface area contributed by atoms with Gasteiger partial charge in [-0.05, 0) is 73.7 Å². The zero-order valence-corrected chi connectivity index (χ0v) is 22.7. The number of ether oxygens (including phenoxy) is 2. The van der Waals surface area contributed by atoms with Crippen molar-refractivity contribution >= 4 is 21.7 Å². The molecule has 0 radical (unpaired) electrons. The van der Waals surface area contributed by atoms with Crippen LogP contribution in [0, 0.1) is 17.6 Å². The minimum atomic E-state index is -3.99. The van der Waals surface area contributed by atoms with Crippen molar-refractivity contribution < 1.29 is 41.1 Å². The maximum Gasteiger partial charge on any atom is 0.264 e. The zero-order chi connectivity index (χ0) is 28.9. The molecule has 3 aromatic rings. The van der Waals surface area contributed by atoms with E-state index in [1.807, 2.05) is 12.1 Å². The van der Waals surface area contributed by atoms with Crippen LogP contribution in [-0.4, -0.2) is 43.5 Å². The molecule has 3 aromatic carbocycles. The van der Waals surface area contributed by atoms with E-state index in [0.717, 1.165) is 17.7 Å². The highest BCUT2D eigenvalue weighted by Crippen LogP contribution is 2.46. The number of hydrogen-bond donors (Lipinski definition) is 2. The van der Waals surface area contributed by atoms with E-state index in [2.05, 4.69) is 0 Å². The fourth-order valence-electron chi connectivity index (χ4n) is 4.84. The zero-order valence-electron chi connectivity index (χ0n) is 21.9. The molecule has 3 atom stereocenters. The van der Waals surface area contributed by atoms with Crippen LogP contribution in [0.1, 0.15) is 49.0 Å². The number of benzene rings is 3. The number of aliphatic hydroxyl groups is 1. The first-order valence-corrected chi connectivity index (χ1v) is 14.5. The fraction of sp³-hybridized carbons (Fsp3) is 0.345. The van der Waals surface area contributed by atoms with Crippen LogP contribution in [0.2, 0.25) is 0 Å². The highest BCUT2D eigenvalue weighted by molar-refractivity contribution is 7.85. The third-order valence-electron chi connectivity index (χ3n) is 6.92. The summed E-state index contributed by atoms with van der Waals surface area (Å²) in [6.07, 6.45) is -0.0698. The number of amides is 1. The van der Waals surface area contributed by atoms with Gasteiger partial charge in [-0.1, -0.05) is 18.2 Å². The van der Waals surface area contributed by atoms with Crippen LogP contribution in [0.3, 0.4) is 0 Å². The van der Waals surface area contributed by atoms with Crippen molar-refractivity contribution in [2.75, 3.05) is 24.4 Å². The maximum absolute atomic E-state index is 14.2. The van der Waals surface area contributed by atoms with Crippen molar-refractivity contribution in [3.05, 3.63) is 89.5 Å². The Morgan fingerprint density at radius 1 is 0.975 bits per heavy atom. The predicted octanol–water partition coefficient (Wildman–Crippen LogP) is 5.24. The summed E-state index contributed by atoms with van der Waals surface area (Å²) in [7, 11) is -2.43. The molecular weight excluding hydrogens is 544 g/mol. The van der Waals surface area contributed by atoms with Crippen molar-refractivity contribution in [1.29, 1.82) is 0 Å². The molecular formula is C29H31F2NO7S. The van der Waals surface area contributed by atoms with Crippen molar-refractivity contribution in [2.24, 2.45) is 5.92 Å². The Kier molecular flexibility index (Phi) is 9.39. The van der Waals surface area contributed by atoms with E-state index in [1.165, 1.54) is 6.07 Å². The lowest BCUT2D eigenvalue weighted by Crippen LogP contribution is -2.55. The van der Waals surface area contributed by atoms with Gasteiger partial charge in [0.05, 0.1) is 37.5 Å². The number of aliphatic hydroxyl groups excluding tert-OH is 1. The van der Waals surface area contributed by atoms with Crippen LogP contribution in [-0.2, 0) is 14.9 Å². The molecule has 214 valence electrons. The topological polar surface area (TPSA) is 113 Å². The summed E-state index contributed by atoms with van der Waals surface area (Å²) < 4.78 is 68.8. The van der Waals surface area contributed by atoms with E-state index in [9.17, 15) is 27.1 Å². The molecule has 1 heterocycles. The molecule has 11 heteroatoms.